The van der Waals surface area contributed by atoms with Crippen LogP contribution in [0.5, 0.6) is 0 Å². The maximum absolute atomic E-state index is 11.5. The summed E-state index contributed by atoms with van der Waals surface area (Å²) >= 11 is 2.26. The van der Waals surface area contributed by atoms with Crippen LogP contribution in [0.2, 0.25) is 0 Å². The molecule has 9 heteroatoms. The summed E-state index contributed by atoms with van der Waals surface area (Å²) in [6.07, 6.45) is 0.838. The fourth-order valence-electron chi connectivity index (χ4n) is 1.53. The van der Waals surface area contributed by atoms with E-state index in [4.69, 9.17) is 8.92 Å². The van der Waals surface area contributed by atoms with Crippen LogP contribution in [-0.2, 0) is 23.3 Å². The molecule has 0 radical (unpaired) electrons. The molecule has 2 rings (SSSR count). The summed E-state index contributed by atoms with van der Waals surface area (Å²) in [6, 6.07) is 7.61. The van der Waals surface area contributed by atoms with E-state index >= 15 is 0 Å². The van der Waals surface area contributed by atoms with Gasteiger partial charge in [-0.15, -0.1) is 11.3 Å². The number of carbonyl (C=O) groups is 2. The molecule has 7 nitrogen and oxygen atoms in total. The summed E-state index contributed by atoms with van der Waals surface area (Å²) in [5.41, 5.74) is 0.243. The Labute approximate surface area is 147 Å². The van der Waals surface area contributed by atoms with Crippen LogP contribution < -0.4 is 0 Å². The molecular formula is C15H16N2O5S2. The highest BCUT2D eigenvalue weighted by Crippen LogP contribution is 2.29. The van der Waals surface area contributed by atoms with Crippen LogP contribution in [0.3, 0.4) is 0 Å². The molecule has 0 amide bonds. The molecule has 1 heterocycles. The van der Waals surface area contributed by atoms with Gasteiger partial charge in [0.15, 0.2) is 10.6 Å². The molecule has 24 heavy (non-hydrogen) atoms. The van der Waals surface area contributed by atoms with Crippen molar-refractivity contribution in [2.24, 2.45) is 5.16 Å². The average Bonchev–Trinajstić information content (AvgIpc) is 2.90. The topological polar surface area (TPSA) is 87.1 Å². The number of aromatic nitrogens is 1. The number of ether oxygens (including phenoxy) is 1. The quantitative estimate of drug-likeness (QED) is 0.335. The number of thiazole rings is 1. The van der Waals surface area contributed by atoms with Gasteiger partial charge in [0.25, 0.3) is 0 Å². The van der Waals surface area contributed by atoms with Gasteiger partial charge in [0.2, 0.25) is 6.61 Å². The van der Waals surface area contributed by atoms with E-state index in [0.29, 0.717) is 4.34 Å². The number of hydrogen-bond acceptors (Lipinski definition) is 9. The van der Waals surface area contributed by atoms with Gasteiger partial charge < -0.3 is 13.8 Å². The predicted octanol–water partition coefficient (Wildman–Crippen LogP) is 3.19. The second kappa shape index (κ2) is 8.11. The number of para-hydroxylation sites is 1. The summed E-state index contributed by atoms with van der Waals surface area (Å²) in [6.45, 7) is 4.84. The zero-order valence-corrected chi connectivity index (χ0v) is 15.0. The van der Waals surface area contributed by atoms with E-state index in [1.807, 2.05) is 24.3 Å². The molecule has 2 aromatic rings. The minimum Gasteiger partial charge on any atom is -0.457 e. The van der Waals surface area contributed by atoms with Crippen LogP contribution in [0, 0.1) is 0 Å². The predicted molar refractivity (Wildman–Crippen MR) is 91.9 cm³/mol. The Morgan fingerprint density at radius 2 is 2.08 bits per heavy atom. The number of rotatable bonds is 6. The van der Waals surface area contributed by atoms with E-state index in [1.54, 1.807) is 20.8 Å². The smallest absolute Gasteiger partial charge is 0.365 e. The van der Waals surface area contributed by atoms with Crippen LogP contribution in [0.25, 0.3) is 10.2 Å². The molecule has 0 unspecified atom stereocenters. The van der Waals surface area contributed by atoms with E-state index in [0.717, 1.165) is 28.5 Å². The first-order valence-electron chi connectivity index (χ1n) is 6.95. The van der Waals surface area contributed by atoms with E-state index in [1.165, 1.54) is 11.3 Å². The van der Waals surface area contributed by atoms with Crippen molar-refractivity contribution in [3.8, 4) is 0 Å². The first-order valence-corrected chi connectivity index (χ1v) is 8.50. The summed E-state index contributed by atoms with van der Waals surface area (Å²) in [5.74, 6) is -1.29. The van der Waals surface area contributed by atoms with Crippen molar-refractivity contribution in [3.05, 3.63) is 24.3 Å². The third-order valence-corrected chi connectivity index (χ3v) is 4.07. The van der Waals surface area contributed by atoms with Gasteiger partial charge in [-0.1, -0.05) is 17.3 Å². The van der Waals surface area contributed by atoms with Crippen molar-refractivity contribution in [1.82, 2.24) is 4.98 Å². The highest BCUT2D eigenvalue weighted by Gasteiger charge is 2.16. The van der Waals surface area contributed by atoms with Crippen LogP contribution in [0.1, 0.15) is 20.8 Å². The Balaban J connectivity index is 1.72. The molecule has 0 atom stereocenters. The molecule has 0 aliphatic carbocycles. The third kappa shape index (κ3) is 6.17. The highest BCUT2D eigenvalue weighted by molar-refractivity contribution is 7.97. The van der Waals surface area contributed by atoms with E-state index < -0.39 is 17.5 Å². The molecule has 0 spiro atoms. The Hall–Kier alpha value is -2.13. The maximum Gasteiger partial charge on any atom is 0.365 e. The zero-order chi connectivity index (χ0) is 17.6. The number of carbonyl (C=O) groups excluding carboxylic acids is 2. The second-order valence-corrected chi connectivity index (χ2v) is 7.54. The standard InChI is InChI=1S/C15H16N2O5S2/c1-15(2,3)21-13(19)9-20-16-8-12(18)22-24-14-17-10-6-4-5-7-11(10)23-14/h4-8H,9H2,1-3H3. The van der Waals surface area contributed by atoms with Gasteiger partial charge in [0.05, 0.1) is 10.2 Å². The summed E-state index contributed by atoms with van der Waals surface area (Å²) in [4.78, 5) is 31.8. The van der Waals surface area contributed by atoms with Gasteiger partial charge in [-0.25, -0.2) is 14.6 Å². The number of fused-ring (bicyclic) bond motifs is 1. The van der Waals surface area contributed by atoms with Crippen molar-refractivity contribution in [3.63, 3.8) is 0 Å². The minimum atomic E-state index is -0.719. The molecule has 0 aliphatic heterocycles. The lowest BCUT2D eigenvalue weighted by molar-refractivity contribution is -0.160. The summed E-state index contributed by atoms with van der Waals surface area (Å²) in [7, 11) is 0. The highest BCUT2D eigenvalue weighted by atomic mass is 32.2. The number of nitrogens with zero attached hydrogens (tertiary/aromatic N) is 2. The molecule has 0 saturated carbocycles. The molecule has 0 fully saturated rings. The van der Waals surface area contributed by atoms with E-state index in [9.17, 15) is 9.59 Å². The monoisotopic (exact) mass is 368 g/mol. The van der Waals surface area contributed by atoms with Crippen molar-refractivity contribution in [1.29, 1.82) is 0 Å². The first-order chi connectivity index (χ1) is 11.3. The van der Waals surface area contributed by atoms with Crippen LogP contribution in [0.4, 0.5) is 0 Å². The zero-order valence-electron chi connectivity index (χ0n) is 13.3. The molecule has 1 aromatic heterocycles. The molecule has 0 bridgehead atoms. The molecule has 0 aliphatic rings. The van der Waals surface area contributed by atoms with Crippen LogP contribution in [-0.4, -0.2) is 35.3 Å². The summed E-state index contributed by atoms with van der Waals surface area (Å²) < 4.78 is 11.5. The fraction of sp³-hybridized carbons (Fsp3) is 0.333. The summed E-state index contributed by atoms with van der Waals surface area (Å²) in [5, 5.41) is 3.37. The number of hydrogen-bond donors (Lipinski definition) is 0. The lowest BCUT2D eigenvalue weighted by atomic mass is 10.2. The largest absolute Gasteiger partial charge is 0.457 e. The first kappa shape index (κ1) is 18.2. The molecule has 128 valence electrons. The maximum atomic E-state index is 11.5. The van der Waals surface area contributed by atoms with Gasteiger partial charge >= 0.3 is 11.9 Å². The van der Waals surface area contributed by atoms with Crippen molar-refractivity contribution in [2.45, 2.75) is 30.7 Å². The lowest BCUT2D eigenvalue weighted by Gasteiger charge is -2.18. The van der Waals surface area contributed by atoms with Gasteiger partial charge in [0, 0.05) is 0 Å². The molecular weight excluding hydrogens is 352 g/mol. The molecule has 0 N–H and O–H groups in total. The van der Waals surface area contributed by atoms with E-state index in [-0.39, 0.29) is 6.61 Å². The molecule has 0 saturated heterocycles. The Kier molecular flexibility index (Phi) is 6.16. The number of benzene rings is 1. The Morgan fingerprint density at radius 3 is 2.79 bits per heavy atom. The third-order valence-electron chi connectivity index (χ3n) is 2.30. The van der Waals surface area contributed by atoms with Gasteiger partial charge in [0.1, 0.15) is 17.6 Å². The fourth-order valence-corrected chi connectivity index (χ4v) is 3.06. The van der Waals surface area contributed by atoms with Gasteiger partial charge in [-0.05, 0) is 32.9 Å². The SMILES string of the molecule is CC(C)(C)OC(=O)CON=CC(=O)OSc1nc2ccccc2s1. The van der Waals surface area contributed by atoms with Crippen LogP contribution in [0.15, 0.2) is 33.8 Å². The Bertz CT molecular complexity index is 719. The van der Waals surface area contributed by atoms with Crippen molar-refractivity contribution < 1.29 is 23.3 Å². The Morgan fingerprint density at radius 1 is 1.33 bits per heavy atom. The minimum absolute atomic E-state index is 0.383. The van der Waals surface area contributed by atoms with Gasteiger partial charge in [-0.2, -0.15) is 0 Å². The average molecular weight is 368 g/mol. The van der Waals surface area contributed by atoms with Crippen molar-refractivity contribution >= 4 is 51.7 Å². The second-order valence-electron chi connectivity index (χ2n) is 5.53. The number of oxime groups is 1. The van der Waals surface area contributed by atoms with E-state index in [2.05, 4.69) is 15.0 Å². The lowest BCUT2D eigenvalue weighted by Crippen LogP contribution is -2.26. The van der Waals surface area contributed by atoms with Crippen molar-refractivity contribution in [2.75, 3.05) is 6.61 Å². The van der Waals surface area contributed by atoms with Crippen LogP contribution >= 0.6 is 23.4 Å². The number of esters is 1. The normalized spacial score (nSPS) is 11.6. The van der Waals surface area contributed by atoms with Gasteiger partial charge in [-0.3, -0.25) is 0 Å². The molecule has 1 aromatic carbocycles.